The fourth-order valence-corrected chi connectivity index (χ4v) is 1.18. The Morgan fingerprint density at radius 2 is 2.13 bits per heavy atom. The number of imidazole rings is 1. The number of nitrogens with one attached hydrogen (secondary N) is 2. The predicted molar refractivity (Wildman–Crippen MR) is 46.7 cm³/mol. The molecule has 0 radical (unpaired) electrons. The Bertz CT molecular complexity index is 489. The van der Waals surface area contributed by atoms with Crippen LogP contribution in [0.25, 0.3) is 11.0 Å². The van der Waals surface area contributed by atoms with E-state index in [1.165, 1.54) is 12.3 Å². The monoisotopic (exact) mass is 217 g/mol. The molecule has 0 saturated carbocycles. The van der Waals surface area contributed by atoms with Crippen LogP contribution in [0.1, 0.15) is 5.82 Å². The lowest BCUT2D eigenvalue weighted by Crippen LogP contribution is -2.09. The van der Waals surface area contributed by atoms with Gasteiger partial charge in [0, 0.05) is 6.20 Å². The standard InChI is InChI=1S/C7H6F3N5/c8-7(9,10)6-13-3-1-2-12-5(15-11)4(3)14-6/h1-2H,11H2,(H,12,15)(H,13,14). The Balaban J connectivity index is 2.65. The summed E-state index contributed by atoms with van der Waals surface area (Å²) < 4.78 is 36.9. The number of fused-ring (bicyclic) bond motifs is 1. The van der Waals surface area contributed by atoms with E-state index in [1.54, 1.807) is 0 Å². The third-order valence-electron chi connectivity index (χ3n) is 1.81. The Morgan fingerprint density at radius 1 is 1.40 bits per heavy atom. The van der Waals surface area contributed by atoms with Gasteiger partial charge in [0.15, 0.2) is 5.82 Å². The van der Waals surface area contributed by atoms with Crippen LogP contribution in [0.15, 0.2) is 12.3 Å². The minimum atomic E-state index is -4.51. The van der Waals surface area contributed by atoms with Gasteiger partial charge in [-0.2, -0.15) is 13.2 Å². The Labute approximate surface area is 81.5 Å². The molecule has 0 aliphatic carbocycles. The fraction of sp³-hybridized carbons (Fsp3) is 0.143. The van der Waals surface area contributed by atoms with Gasteiger partial charge in [-0.1, -0.05) is 0 Å². The fourth-order valence-electron chi connectivity index (χ4n) is 1.18. The number of aromatic amines is 1. The predicted octanol–water partition coefficient (Wildman–Crippen LogP) is 1.26. The molecule has 0 spiro atoms. The first-order valence-corrected chi connectivity index (χ1v) is 3.91. The molecule has 0 bridgehead atoms. The number of hydrogen-bond acceptors (Lipinski definition) is 4. The van der Waals surface area contributed by atoms with Crippen molar-refractivity contribution in [3.8, 4) is 0 Å². The summed E-state index contributed by atoms with van der Waals surface area (Å²) in [7, 11) is 0. The zero-order chi connectivity index (χ0) is 11.1. The first-order chi connectivity index (χ1) is 7.02. The Hall–Kier alpha value is -1.83. The van der Waals surface area contributed by atoms with E-state index in [0.717, 1.165) is 0 Å². The van der Waals surface area contributed by atoms with Crippen LogP contribution in [0.5, 0.6) is 0 Å². The van der Waals surface area contributed by atoms with Crippen molar-refractivity contribution in [3.63, 3.8) is 0 Å². The lowest BCUT2D eigenvalue weighted by molar-refractivity contribution is -0.144. The van der Waals surface area contributed by atoms with Gasteiger partial charge in [-0.25, -0.2) is 15.8 Å². The topological polar surface area (TPSA) is 79.6 Å². The van der Waals surface area contributed by atoms with Gasteiger partial charge >= 0.3 is 6.18 Å². The smallest absolute Gasteiger partial charge is 0.334 e. The minimum Gasteiger partial charge on any atom is -0.334 e. The largest absolute Gasteiger partial charge is 0.449 e. The molecule has 8 heteroatoms. The van der Waals surface area contributed by atoms with Crippen molar-refractivity contribution in [2.75, 3.05) is 5.43 Å². The van der Waals surface area contributed by atoms with Gasteiger partial charge in [0.1, 0.15) is 5.52 Å². The summed E-state index contributed by atoms with van der Waals surface area (Å²) in [5.74, 6) is 4.12. The van der Waals surface area contributed by atoms with E-state index < -0.39 is 12.0 Å². The molecule has 2 heterocycles. The molecule has 15 heavy (non-hydrogen) atoms. The highest BCUT2D eigenvalue weighted by Crippen LogP contribution is 2.29. The lowest BCUT2D eigenvalue weighted by Gasteiger charge is -1.99. The summed E-state index contributed by atoms with van der Waals surface area (Å²) in [6.07, 6.45) is -3.18. The van der Waals surface area contributed by atoms with Crippen LogP contribution in [0, 0.1) is 0 Å². The molecule has 2 aromatic heterocycles. The number of nitrogens with zero attached hydrogens (tertiary/aromatic N) is 2. The highest BCUT2D eigenvalue weighted by atomic mass is 19.4. The van der Waals surface area contributed by atoms with E-state index in [9.17, 15) is 13.2 Å². The first kappa shape index (κ1) is 9.71. The molecule has 0 aliphatic rings. The zero-order valence-electron chi connectivity index (χ0n) is 7.26. The Kier molecular flexibility index (Phi) is 2.00. The van der Waals surface area contributed by atoms with E-state index in [4.69, 9.17) is 5.84 Å². The van der Waals surface area contributed by atoms with Crippen LogP contribution < -0.4 is 11.3 Å². The molecule has 0 aromatic carbocycles. The second-order valence-corrected chi connectivity index (χ2v) is 2.78. The quantitative estimate of drug-likeness (QED) is 0.496. The Morgan fingerprint density at radius 3 is 2.73 bits per heavy atom. The van der Waals surface area contributed by atoms with Crippen molar-refractivity contribution in [1.82, 2.24) is 15.0 Å². The normalized spacial score (nSPS) is 12.0. The van der Waals surface area contributed by atoms with Crippen LogP contribution in [0.3, 0.4) is 0 Å². The zero-order valence-corrected chi connectivity index (χ0v) is 7.26. The van der Waals surface area contributed by atoms with Gasteiger partial charge in [-0.15, -0.1) is 0 Å². The van der Waals surface area contributed by atoms with Crippen molar-refractivity contribution < 1.29 is 13.2 Å². The van der Waals surface area contributed by atoms with Crippen molar-refractivity contribution in [1.29, 1.82) is 0 Å². The second kappa shape index (κ2) is 3.09. The molecule has 5 nitrogen and oxygen atoms in total. The van der Waals surface area contributed by atoms with Gasteiger partial charge in [-0.3, -0.25) is 0 Å². The second-order valence-electron chi connectivity index (χ2n) is 2.78. The van der Waals surface area contributed by atoms with Crippen LogP contribution >= 0.6 is 0 Å². The van der Waals surface area contributed by atoms with Gasteiger partial charge in [0.2, 0.25) is 5.82 Å². The molecule has 0 saturated heterocycles. The van der Waals surface area contributed by atoms with Gasteiger partial charge in [0.25, 0.3) is 0 Å². The molecule has 0 aliphatic heterocycles. The van der Waals surface area contributed by atoms with Crippen LogP contribution in [0.4, 0.5) is 19.0 Å². The maximum atomic E-state index is 12.3. The highest BCUT2D eigenvalue weighted by Gasteiger charge is 2.35. The minimum absolute atomic E-state index is 0.0623. The van der Waals surface area contributed by atoms with Crippen LogP contribution in [0.2, 0.25) is 0 Å². The molecule has 80 valence electrons. The number of alkyl halides is 3. The SMILES string of the molecule is NNc1nccc2[nH]c(C(F)(F)F)nc12. The van der Waals surface area contributed by atoms with E-state index in [2.05, 4.69) is 20.4 Å². The van der Waals surface area contributed by atoms with Crippen molar-refractivity contribution in [2.45, 2.75) is 6.18 Å². The van der Waals surface area contributed by atoms with E-state index in [0.29, 0.717) is 0 Å². The molecule has 4 N–H and O–H groups in total. The van der Waals surface area contributed by atoms with Crippen molar-refractivity contribution >= 4 is 16.9 Å². The molecular formula is C7H6F3N5. The van der Waals surface area contributed by atoms with E-state index in [1.807, 2.05) is 0 Å². The van der Waals surface area contributed by atoms with Gasteiger partial charge in [-0.05, 0) is 6.07 Å². The number of anilines is 1. The van der Waals surface area contributed by atoms with E-state index in [-0.39, 0.29) is 16.9 Å². The number of hydrazine groups is 1. The molecule has 0 fully saturated rings. The molecule has 0 atom stereocenters. The van der Waals surface area contributed by atoms with Crippen molar-refractivity contribution in [3.05, 3.63) is 18.1 Å². The van der Waals surface area contributed by atoms with Crippen molar-refractivity contribution in [2.24, 2.45) is 5.84 Å². The molecule has 2 rings (SSSR count). The van der Waals surface area contributed by atoms with Crippen LogP contribution in [-0.4, -0.2) is 15.0 Å². The maximum Gasteiger partial charge on any atom is 0.449 e. The number of H-pyrrole nitrogens is 1. The number of aromatic nitrogens is 3. The number of hydrogen-bond donors (Lipinski definition) is 3. The molecule has 2 aromatic rings. The average Bonchev–Trinajstić information content (AvgIpc) is 2.59. The van der Waals surface area contributed by atoms with Gasteiger partial charge in [0.05, 0.1) is 5.52 Å². The third-order valence-corrected chi connectivity index (χ3v) is 1.81. The molecule has 0 amide bonds. The number of nitrogen functional groups attached to an aromatic ring is 1. The number of rotatable bonds is 1. The molecule has 0 unspecified atom stereocenters. The summed E-state index contributed by atoms with van der Waals surface area (Å²) in [6, 6.07) is 1.39. The third kappa shape index (κ3) is 1.59. The summed E-state index contributed by atoms with van der Waals surface area (Å²) >= 11 is 0. The summed E-state index contributed by atoms with van der Waals surface area (Å²) in [5.41, 5.74) is 2.46. The highest BCUT2D eigenvalue weighted by molar-refractivity contribution is 5.85. The van der Waals surface area contributed by atoms with Crippen LogP contribution in [-0.2, 0) is 6.18 Å². The summed E-state index contributed by atoms with van der Waals surface area (Å²) in [4.78, 5) is 9.24. The number of nitrogens with two attached hydrogens (primary N) is 1. The summed E-state index contributed by atoms with van der Waals surface area (Å²) in [6.45, 7) is 0. The number of halogens is 3. The molecular weight excluding hydrogens is 211 g/mol. The maximum absolute atomic E-state index is 12.3. The summed E-state index contributed by atoms with van der Waals surface area (Å²) in [5, 5.41) is 0. The lowest BCUT2D eigenvalue weighted by atomic mass is 10.4. The number of pyridine rings is 1. The average molecular weight is 217 g/mol. The van der Waals surface area contributed by atoms with Gasteiger partial charge < -0.3 is 10.4 Å². The van der Waals surface area contributed by atoms with E-state index >= 15 is 0 Å². The first-order valence-electron chi connectivity index (χ1n) is 3.91.